The Hall–Kier alpha value is -2.71. The standard InChI is InChI=1S/C23H30N2O5S/c1-6-22(26)18-9-11-19(12-10-18)30-15-23(27)24-21-14-20(13-16(4)17(21)5)31(28,29)25(7-2)8-3/h9-14H,6-8,15H2,1-5H3,(H,24,27). The Balaban J connectivity index is 2.14. The summed E-state index contributed by atoms with van der Waals surface area (Å²) >= 11 is 0. The molecule has 0 aliphatic rings. The Morgan fingerprint density at radius 3 is 2.16 bits per heavy atom. The maximum atomic E-state index is 12.9. The fraction of sp³-hybridized carbons (Fsp3) is 0.391. The predicted octanol–water partition coefficient (Wildman–Crippen LogP) is 3.94. The first-order chi connectivity index (χ1) is 14.6. The van der Waals surface area contributed by atoms with Gasteiger partial charge in [-0.1, -0.05) is 20.8 Å². The highest BCUT2D eigenvalue weighted by Crippen LogP contribution is 2.26. The van der Waals surface area contributed by atoms with Crippen LogP contribution in [-0.2, 0) is 14.8 Å². The zero-order valence-electron chi connectivity index (χ0n) is 18.7. The van der Waals surface area contributed by atoms with E-state index in [1.807, 2.05) is 13.8 Å². The smallest absolute Gasteiger partial charge is 0.262 e. The largest absolute Gasteiger partial charge is 0.484 e. The minimum atomic E-state index is -3.64. The third-order valence-corrected chi connectivity index (χ3v) is 7.15. The van der Waals surface area contributed by atoms with Gasteiger partial charge in [0.05, 0.1) is 4.90 Å². The number of benzene rings is 2. The second-order valence-electron chi connectivity index (χ2n) is 7.14. The van der Waals surface area contributed by atoms with Crippen LogP contribution in [0.25, 0.3) is 0 Å². The van der Waals surface area contributed by atoms with Gasteiger partial charge < -0.3 is 10.1 Å². The third kappa shape index (κ3) is 5.92. The van der Waals surface area contributed by atoms with E-state index in [1.54, 1.807) is 51.1 Å². The van der Waals surface area contributed by atoms with E-state index in [4.69, 9.17) is 4.74 Å². The lowest BCUT2D eigenvalue weighted by molar-refractivity contribution is -0.118. The Morgan fingerprint density at radius 2 is 1.61 bits per heavy atom. The van der Waals surface area contributed by atoms with Crippen LogP contribution in [-0.4, -0.2) is 44.1 Å². The molecule has 0 heterocycles. The first kappa shape index (κ1) is 24.6. The second kappa shape index (κ2) is 10.5. The van der Waals surface area contributed by atoms with Gasteiger partial charge in [-0.25, -0.2) is 8.42 Å². The van der Waals surface area contributed by atoms with Crippen molar-refractivity contribution in [3.63, 3.8) is 0 Å². The molecular formula is C23H30N2O5S. The van der Waals surface area contributed by atoms with Crippen molar-refractivity contribution in [3.05, 3.63) is 53.1 Å². The van der Waals surface area contributed by atoms with Crippen LogP contribution < -0.4 is 10.1 Å². The molecule has 8 heteroatoms. The molecule has 0 aliphatic carbocycles. The van der Waals surface area contributed by atoms with Crippen molar-refractivity contribution in [1.82, 2.24) is 4.31 Å². The average molecular weight is 447 g/mol. The Bertz CT molecular complexity index is 1040. The van der Waals surface area contributed by atoms with Crippen LogP contribution in [0.2, 0.25) is 0 Å². The van der Waals surface area contributed by atoms with Crippen LogP contribution in [0.5, 0.6) is 5.75 Å². The molecule has 168 valence electrons. The number of ketones is 1. The zero-order valence-corrected chi connectivity index (χ0v) is 19.5. The summed E-state index contributed by atoms with van der Waals surface area (Å²) in [6.45, 7) is 9.48. The molecule has 0 unspecified atom stereocenters. The first-order valence-corrected chi connectivity index (χ1v) is 11.7. The second-order valence-corrected chi connectivity index (χ2v) is 9.08. The first-order valence-electron chi connectivity index (χ1n) is 10.3. The van der Waals surface area contributed by atoms with Gasteiger partial charge in [-0.05, 0) is 61.4 Å². The topological polar surface area (TPSA) is 92.8 Å². The lowest BCUT2D eigenvalue weighted by Gasteiger charge is -2.20. The summed E-state index contributed by atoms with van der Waals surface area (Å²) in [5.41, 5.74) is 2.58. The molecule has 31 heavy (non-hydrogen) atoms. The SMILES string of the molecule is CCC(=O)c1ccc(OCC(=O)Nc2cc(S(=O)(=O)N(CC)CC)cc(C)c2C)cc1. The fourth-order valence-corrected chi connectivity index (χ4v) is 4.66. The van der Waals surface area contributed by atoms with E-state index < -0.39 is 15.9 Å². The third-order valence-electron chi connectivity index (χ3n) is 5.13. The zero-order chi connectivity index (χ0) is 23.2. The number of Topliss-reactive ketones (excluding diaryl/α,β-unsaturated/α-hetero) is 1. The predicted molar refractivity (Wildman–Crippen MR) is 121 cm³/mol. The van der Waals surface area contributed by atoms with Gasteiger partial charge in [-0.3, -0.25) is 9.59 Å². The summed E-state index contributed by atoms with van der Waals surface area (Å²) in [7, 11) is -3.64. The number of amides is 1. The molecule has 2 aromatic carbocycles. The molecule has 1 N–H and O–H groups in total. The van der Waals surface area contributed by atoms with Crippen LogP contribution in [0.15, 0.2) is 41.3 Å². The van der Waals surface area contributed by atoms with E-state index in [0.717, 1.165) is 11.1 Å². The van der Waals surface area contributed by atoms with Crippen molar-refractivity contribution >= 4 is 27.4 Å². The van der Waals surface area contributed by atoms with Crippen molar-refractivity contribution in [2.45, 2.75) is 45.9 Å². The van der Waals surface area contributed by atoms with E-state index >= 15 is 0 Å². The molecule has 0 aliphatic heterocycles. The normalized spacial score (nSPS) is 11.4. The maximum Gasteiger partial charge on any atom is 0.262 e. The Labute approximate surface area is 184 Å². The molecule has 2 rings (SSSR count). The van der Waals surface area contributed by atoms with Crippen LogP contribution in [0.1, 0.15) is 48.7 Å². The molecule has 7 nitrogen and oxygen atoms in total. The molecular weight excluding hydrogens is 416 g/mol. The lowest BCUT2D eigenvalue weighted by atomic mass is 10.1. The van der Waals surface area contributed by atoms with Crippen molar-refractivity contribution in [3.8, 4) is 5.75 Å². The molecule has 0 radical (unpaired) electrons. The molecule has 0 atom stereocenters. The molecule has 0 saturated heterocycles. The van der Waals surface area contributed by atoms with Crippen molar-refractivity contribution in [1.29, 1.82) is 0 Å². The number of aryl methyl sites for hydroxylation is 1. The van der Waals surface area contributed by atoms with Gasteiger partial charge >= 0.3 is 0 Å². The molecule has 0 bridgehead atoms. The molecule has 0 fully saturated rings. The Kier molecular flexibility index (Phi) is 8.36. The minimum absolute atomic E-state index is 0.0367. The van der Waals surface area contributed by atoms with Crippen LogP contribution in [0.3, 0.4) is 0 Å². The number of hydrogen-bond acceptors (Lipinski definition) is 5. The summed E-state index contributed by atoms with van der Waals surface area (Å²) in [6.07, 6.45) is 0.421. The molecule has 0 spiro atoms. The van der Waals surface area contributed by atoms with Crippen molar-refractivity contribution in [2.24, 2.45) is 0 Å². The number of nitrogens with zero attached hydrogens (tertiary/aromatic N) is 1. The monoisotopic (exact) mass is 446 g/mol. The molecule has 0 saturated carbocycles. The summed E-state index contributed by atoms with van der Waals surface area (Å²) in [6, 6.07) is 9.71. The number of sulfonamides is 1. The van der Waals surface area contributed by atoms with Gasteiger partial charge in [0.1, 0.15) is 5.75 Å². The number of ether oxygens (including phenoxy) is 1. The van der Waals surface area contributed by atoms with Crippen LogP contribution >= 0.6 is 0 Å². The molecule has 0 aromatic heterocycles. The highest BCUT2D eigenvalue weighted by atomic mass is 32.2. The number of carbonyl (C=O) groups excluding carboxylic acids is 2. The number of rotatable bonds is 10. The summed E-state index contributed by atoms with van der Waals surface area (Å²) in [5, 5.41) is 2.75. The Morgan fingerprint density at radius 1 is 1.00 bits per heavy atom. The van der Waals surface area contributed by atoms with Gasteiger partial charge in [-0.2, -0.15) is 4.31 Å². The highest BCUT2D eigenvalue weighted by molar-refractivity contribution is 7.89. The summed E-state index contributed by atoms with van der Waals surface area (Å²) < 4.78 is 32.6. The van der Waals surface area contributed by atoms with E-state index in [9.17, 15) is 18.0 Å². The van der Waals surface area contributed by atoms with Gasteiger partial charge in [0.25, 0.3) is 5.91 Å². The number of hydrogen-bond donors (Lipinski definition) is 1. The maximum absolute atomic E-state index is 12.9. The van der Waals surface area contributed by atoms with Crippen LogP contribution in [0.4, 0.5) is 5.69 Å². The highest BCUT2D eigenvalue weighted by Gasteiger charge is 2.23. The number of nitrogens with one attached hydrogen (secondary N) is 1. The summed E-state index contributed by atoms with van der Waals surface area (Å²) in [4.78, 5) is 24.3. The number of carbonyl (C=O) groups is 2. The van der Waals surface area contributed by atoms with Gasteiger partial charge in [0, 0.05) is 30.8 Å². The van der Waals surface area contributed by atoms with Gasteiger partial charge in [0.2, 0.25) is 10.0 Å². The lowest BCUT2D eigenvalue weighted by Crippen LogP contribution is -2.31. The van der Waals surface area contributed by atoms with Gasteiger partial charge in [-0.15, -0.1) is 0 Å². The molecule has 1 amide bonds. The van der Waals surface area contributed by atoms with E-state index in [1.165, 1.54) is 10.4 Å². The van der Waals surface area contributed by atoms with E-state index in [-0.39, 0.29) is 17.3 Å². The molecule has 2 aromatic rings. The fourth-order valence-electron chi connectivity index (χ4n) is 3.09. The van der Waals surface area contributed by atoms with Crippen LogP contribution in [0, 0.1) is 13.8 Å². The number of anilines is 1. The van der Waals surface area contributed by atoms with Crippen molar-refractivity contribution in [2.75, 3.05) is 25.0 Å². The van der Waals surface area contributed by atoms with Crippen molar-refractivity contribution < 1.29 is 22.7 Å². The average Bonchev–Trinajstić information content (AvgIpc) is 2.75. The van der Waals surface area contributed by atoms with Gasteiger partial charge in [0.15, 0.2) is 12.4 Å². The van der Waals surface area contributed by atoms with E-state index in [2.05, 4.69) is 5.32 Å². The van der Waals surface area contributed by atoms with E-state index in [0.29, 0.717) is 36.5 Å². The quantitative estimate of drug-likeness (QED) is 0.558. The summed E-state index contributed by atoms with van der Waals surface area (Å²) in [5.74, 6) is 0.0943. The minimum Gasteiger partial charge on any atom is -0.484 e.